The van der Waals surface area contributed by atoms with Gasteiger partial charge >= 0.3 is 5.97 Å². The van der Waals surface area contributed by atoms with E-state index in [0.29, 0.717) is 5.71 Å². The van der Waals surface area contributed by atoms with Crippen molar-refractivity contribution in [3.05, 3.63) is 28.3 Å². The third kappa shape index (κ3) is 7.00. The number of carboxylic acids is 1. The predicted octanol–water partition coefficient (Wildman–Crippen LogP) is 1.41. The van der Waals surface area contributed by atoms with Gasteiger partial charge in [-0.25, -0.2) is 4.79 Å². The third-order valence-electron chi connectivity index (χ3n) is 2.18. The lowest BCUT2D eigenvalue weighted by Gasteiger charge is -2.07. The molecule has 0 radical (unpaired) electrons. The summed E-state index contributed by atoms with van der Waals surface area (Å²) >= 11 is 0. The molecule has 124 valence electrons. The van der Waals surface area contributed by atoms with E-state index in [0.717, 1.165) is 12.1 Å². The number of oxime groups is 1. The molecule has 0 heterocycles. The van der Waals surface area contributed by atoms with E-state index in [1.165, 1.54) is 6.07 Å². The SMILES string of the molecule is CC(C)=NOc1cc(NC(=O)COCC(=O)O)cc([N+](=O)[O-])c1. The molecule has 23 heavy (non-hydrogen) atoms. The molecule has 10 heteroatoms. The maximum atomic E-state index is 11.6. The van der Waals surface area contributed by atoms with Crippen molar-refractivity contribution in [1.82, 2.24) is 0 Å². The third-order valence-corrected chi connectivity index (χ3v) is 2.18. The number of nitrogens with one attached hydrogen (secondary N) is 1. The van der Waals surface area contributed by atoms with E-state index in [1.807, 2.05) is 0 Å². The van der Waals surface area contributed by atoms with Gasteiger partial charge in [0.15, 0.2) is 5.75 Å². The topological polar surface area (TPSA) is 140 Å². The Bertz CT molecular complexity index is 638. The van der Waals surface area contributed by atoms with Crippen LogP contribution < -0.4 is 10.2 Å². The summed E-state index contributed by atoms with van der Waals surface area (Å²) in [6.07, 6.45) is 0. The van der Waals surface area contributed by atoms with Crippen LogP contribution in [0.3, 0.4) is 0 Å². The molecule has 0 fully saturated rings. The van der Waals surface area contributed by atoms with Gasteiger partial charge in [0.1, 0.15) is 13.2 Å². The normalized spacial score (nSPS) is 9.83. The van der Waals surface area contributed by atoms with Gasteiger partial charge in [0.05, 0.1) is 22.4 Å². The first kappa shape index (κ1) is 18.0. The van der Waals surface area contributed by atoms with Crippen LogP contribution in [0.1, 0.15) is 13.8 Å². The molecule has 0 aliphatic heterocycles. The molecular weight excluding hydrogens is 310 g/mol. The van der Waals surface area contributed by atoms with Crippen molar-refractivity contribution in [2.45, 2.75) is 13.8 Å². The highest BCUT2D eigenvalue weighted by Gasteiger charge is 2.13. The van der Waals surface area contributed by atoms with Crippen LogP contribution in [0.5, 0.6) is 5.75 Å². The molecule has 1 aromatic rings. The lowest BCUT2D eigenvalue weighted by Crippen LogP contribution is -2.20. The molecule has 0 aliphatic carbocycles. The van der Waals surface area contributed by atoms with Crippen LogP contribution in [0, 0.1) is 10.1 Å². The smallest absolute Gasteiger partial charge is 0.329 e. The van der Waals surface area contributed by atoms with Gasteiger partial charge in [0.25, 0.3) is 5.69 Å². The maximum absolute atomic E-state index is 11.6. The second-order valence-electron chi connectivity index (χ2n) is 4.54. The number of benzene rings is 1. The van der Waals surface area contributed by atoms with Crippen molar-refractivity contribution < 1.29 is 29.2 Å². The first-order valence-electron chi connectivity index (χ1n) is 6.35. The maximum Gasteiger partial charge on any atom is 0.329 e. The van der Waals surface area contributed by atoms with Crippen molar-refractivity contribution in [1.29, 1.82) is 0 Å². The molecule has 0 atom stereocenters. The number of amides is 1. The minimum Gasteiger partial charge on any atom is -0.480 e. The largest absolute Gasteiger partial charge is 0.480 e. The van der Waals surface area contributed by atoms with Gasteiger partial charge in [0.2, 0.25) is 5.91 Å². The fraction of sp³-hybridized carbons (Fsp3) is 0.308. The second-order valence-corrected chi connectivity index (χ2v) is 4.54. The van der Waals surface area contributed by atoms with Crippen LogP contribution in [-0.2, 0) is 14.3 Å². The molecule has 0 aromatic heterocycles. The summed E-state index contributed by atoms with van der Waals surface area (Å²) in [4.78, 5) is 37.1. The Kier molecular flexibility index (Phi) is 6.62. The molecule has 0 saturated heterocycles. The average Bonchev–Trinajstić information content (AvgIpc) is 2.44. The number of aliphatic carboxylic acids is 1. The van der Waals surface area contributed by atoms with Crippen LogP contribution in [-0.4, -0.2) is 40.8 Å². The molecule has 0 saturated carbocycles. The lowest BCUT2D eigenvalue weighted by atomic mass is 10.2. The Hall–Kier alpha value is -3.01. The summed E-state index contributed by atoms with van der Waals surface area (Å²) in [5, 5.41) is 25.3. The standard InChI is InChI=1S/C13H15N3O7/c1-8(2)15-23-11-4-9(3-10(5-11)16(20)21)14-12(17)6-22-7-13(18)19/h3-5H,6-7H2,1-2H3,(H,14,17)(H,18,19). The van der Waals surface area contributed by atoms with Crippen molar-refractivity contribution in [2.75, 3.05) is 18.5 Å². The zero-order valence-corrected chi connectivity index (χ0v) is 12.4. The number of ether oxygens (including phenoxy) is 1. The van der Waals surface area contributed by atoms with E-state index < -0.39 is 30.0 Å². The lowest BCUT2D eigenvalue weighted by molar-refractivity contribution is -0.384. The highest BCUT2D eigenvalue weighted by Crippen LogP contribution is 2.26. The number of hydrogen-bond acceptors (Lipinski definition) is 7. The van der Waals surface area contributed by atoms with Crippen molar-refractivity contribution in [3.8, 4) is 5.75 Å². The van der Waals surface area contributed by atoms with E-state index in [9.17, 15) is 19.7 Å². The Morgan fingerprint density at radius 3 is 2.57 bits per heavy atom. The van der Waals surface area contributed by atoms with Crippen molar-refractivity contribution >= 4 is 29.0 Å². The molecule has 0 aliphatic rings. The van der Waals surface area contributed by atoms with E-state index in [-0.39, 0.29) is 17.1 Å². The molecule has 0 spiro atoms. The highest BCUT2D eigenvalue weighted by atomic mass is 16.6. The Labute approximate surface area is 130 Å². The van der Waals surface area contributed by atoms with Gasteiger partial charge in [0, 0.05) is 12.1 Å². The summed E-state index contributed by atoms with van der Waals surface area (Å²) in [6.45, 7) is 2.23. The van der Waals surface area contributed by atoms with Gasteiger partial charge in [-0.1, -0.05) is 5.16 Å². The summed E-state index contributed by atoms with van der Waals surface area (Å²) in [6, 6.07) is 3.63. The number of carbonyl (C=O) groups excluding carboxylic acids is 1. The van der Waals surface area contributed by atoms with Crippen LogP contribution in [0.25, 0.3) is 0 Å². The number of carbonyl (C=O) groups is 2. The zero-order valence-electron chi connectivity index (χ0n) is 12.4. The fourth-order valence-electron chi connectivity index (χ4n) is 1.39. The van der Waals surface area contributed by atoms with Gasteiger partial charge in [-0.3, -0.25) is 14.9 Å². The molecule has 0 bridgehead atoms. The average molecular weight is 325 g/mol. The van der Waals surface area contributed by atoms with Gasteiger partial charge < -0.3 is 20.0 Å². The van der Waals surface area contributed by atoms with Crippen LogP contribution in [0.4, 0.5) is 11.4 Å². The predicted molar refractivity (Wildman–Crippen MR) is 79.6 cm³/mol. The highest BCUT2D eigenvalue weighted by molar-refractivity contribution is 5.92. The fourth-order valence-corrected chi connectivity index (χ4v) is 1.39. The number of nitro groups is 1. The first-order valence-corrected chi connectivity index (χ1v) is 6.35. The quantitative estimate of drug-likeness (QED) is 0.418. The van der Waals surface area contributed by atoms with E-state index >= 15 is 0 Å². The Morgan fingerprint density at radius 1 is 1.30 bits per heavy atom. The van der Waals surface area contributed by atoms with Crippen molar-refractivity contribution in [2.24, 2.45) is 5.16 Å². The molecule has 1 amide bonds. The van der Waals surface area contributed by atoms with Crippen LogP contribution >= 0.6 is 0 Å². The van der Waals surface area contributed by atoms with Gasteiger partial charge in [-0.2, -0.15) is 0 Å². The number of hydrogen-bond donors (Lipinski definition) is 2. The summed E-state index contributed by atoms with van der Waals surface area (Å²) < 4.78 is 4.62. The minimum absolute atomic E-state index is 0.0714. The zero-order chi connectivity index (χ0) is 17.4. The Morgan fingerprint density at radius 2 is 2.00 bits per heavy atom. The summed E-state index contributed by atoms with van der Waals surface area (Å²) in [5.74, 6) is -1.80. The van der Waals surface area contributed by atoms with Crippen LogP contribution in [0.2, 0.25) is 0 Å². The molecule has 0 unspecified atom stereocenters. The number of nitrogens with zero attached hydrogens (tertiary/aromatic N) is 2. The molecule has 10 nitrogen and oxygen atoms in total. The van der Waals surface area contributed by atoms with E-state index in [2.05, 4.69) is 15.2 Å². The molecule has 1 rings (SSSR count). The number of non-ortho nitro benzene ring substituents is 1. The van der Waals surface area contributed by atoms with E-state index in [1.54, 1.807) is 13.8 Å². The van der Waals surface area contributed by atoms with Gasteiger partial charge in [-0.15, -0.1) is 0 Å². The van der Waals surface area contributed by atoms with Crippen LogP contribution in [0.15, 0.2) is 23.4 Å². The Balaban J connectivity index is 2.83. The minimum atomic E-state index is -1.21. The number of carboxylic acid groups (broad SMARTS) is 1. The number of anilines is 1. The van der Waals surface area contributed by atoms with Crippen molar-refractivity contribution in [3.63, 3.8) is 0 Å². The number of rotatable bonds is 8. The monoisotopic (exact) mass is 325 g/mol. The number of nitro benzene ring substituents is 1. The first-order chi connectivity index (χ1) is 10.8. The molecule has 2 N–H and O–H groups in total. The molecule has 1 aromatic carbocycles. The summed E-state index contributed by atoms with van der Waals surface area (Å²) in [5.41, 5.74) is 0.402. The second kappa shape index (κ2) is 8.44. The molecular formula is C13H15N3O7. The summed E-state index contributed by atoms with van der Waals surface area (Å²) in [7, 11) is 0. The van der Waals surface area contributed by atoms with Gasteiger partial charge in [-0.05, 0) is 13.8 Å². The van der Waals surface area contributed by atoms with E-state index in [4.69, 9.17) is 9.94 Å².